The van der Waals surface area contributed by atoms with Gasteiger partial charge in [0.2, 0.25) is 0 Å². The third-order valence-corrected chi connectivity index (χ3v) is 2.68. The monoisotopic (exact) mass is 278 g/mol. The first-order chi connectivity index (χ1) is 9.47. The van der Waals surface area contributed by atoms with Crippen molar-refractivity contribution in [1.82, 2.24) is 0 Å². The molecule has 0 fully saturated rings. The number of alkyl halides is 3. The normalized spacial score (nSPS) is 11.8. The fourth-order valence-electron chi connectivity index (χ4n) is 1.74. The van der Waals surface area contributed by atoms with Gasteiger partial charge in [0.1, 0.15) is 0 Å². The quantitative estimate of drug-likeness (QED) is 0.650. The number of benzene rings is 2. The van der Waals surface area contributed by atoms with Crippen molar-refractivity contribution < 1.29 is 13.2 Å². The summed E-state index contributed by atoms with van der Waals surface area (Å²) in [5.41, 5.74) is 3.51. The van der Waals surface area contributed by atoms with Crippen LogP contribution in [-0.2, 0) is 6.18 Å². The standard InChI is InChI=1S/C15H13F3N2/c1-11-7-8-14(15(16,17)18)12(9-11)10-19-20-13-5-3-2-4-6-13/h2-10,20H,1H3. The summed E-state index contributed by atoms with van der Waals surface area (Å²) < 4.78 is 38.5. The summed E-state index contributed by atoms with van der Waals surface area (Å²) >= 11 is 0. The van der Waals surface area contributed by atoms with Gasteiger partial charge in [-0.05, 0) is 31.2 Å². The number of anilines is 1. The Balaban J connectivity index is 2.22. The van der Waals surface area contributed by atoms with Gasteiger partial charge >= 0.3 is 6.18 Å². The van der Waals surface area contributed by atoms with Gasteiger partial charge in [-0.1, -0.05) is 29.8 Å². The van der Waals surface area contributed by atoms with Crippen LogP contribution < -0.4 is 5.43 Å². The maximum absolute atomic E-state index is 12.8. The summed E-state index contributed by atoms with van der Waals surface area (Å²) in [5, 5.41) is 3.85. The van der Waals surface area contributed by atoms with Gasteiger partial charge in [0, 0.05) is 5.56 Å². The van der Waals surface area contributed by atoms with E-state index in [2.05, 4.69) is 10.5 Å². The molecule has 0 aromatic heterocycles. The summed E-state index contributed by atoms with van der Waals surface area (Å²) in [6, 6.07) is 13.0. The minimum atomic E-state index is -4.39. The molecule has 2 aromatic carbocycles. The smallest absolute Gasteiger partial charge is 0.279 e. The molecular weight excluding hydrogens is 265 g/mol. The molecule has 0 radical (unpaired) electrons. The Bertz CT molecular complexity index is 604. The van der Waals surface area contributed by atoms with Gasteiger partial charge in [-0.25, -0.2) is 0 Å². The van der Waals surface area contributed by atoms with E-state index in [1.165, 1.54) is 18.3 Å². The number of halogens is 3. The molecule has 0 saturated carbocycles. The second-order valence-electron chi connectivity index (χ2n) is 4.32. The van der Waals surface area contributed by atoms with Crippen LogP contribution in [0.2, 0.25) is 0 Å². The molecule has 0 saturated heterocycles. The second-order valence-corrected chi connectivity index (χ2v) is 4.32. The lowest BCUT2D eigenvalue weighted by Crippen LogP contribution is -2.09. The Kier molecular flexibility index (Phi) is 4.08. The van der Waals surface area contributed by atoms with E-state index in [1.807, 2.05) is 18.2 Å². The largest absolute Gasteiger partial charge is 0.417 e. The zero-order valence-corrected chi connectivity index (χ0v) is 10.8. The van der Waals surface area contributed by atoms with Crippen molar-refractivity contribution in [2.45, 2.75) is 13.1 Å². The van der Waals surface area contributed by atoms with E-state index in [0.717, 1.165) is 11.6 Å². The predicted molar refractivity (Wildman–Crippen MR) is 73.8 cm³/mol. The molecule has 20 heavy (non-hydrogen) atoms. The van der Waals surface area contributed by atoms with Crippen LogP contribution in [0, 0.1) is 6.92 Å². The Labute approximate surface area is 114 Å². The number of nitrogens with one attached hydrogen (secondary N) is 1. The van der Waals surface area contributed by atoms with Crippen molar-refractivity contribution in [3.63, 3.8) is 0 Å². The third kappa shape index (κ3) is 3.60. The molecule has 0 aliphatic heterocycles. The molecule has 0 bridgehead atoms. The average molecular weight is 278 g/mol. The Morgan fingerprint density at radius 2 is 1.75 bits per heavy atom. The third-order valence-electron chi connectivity index (χ3n) is 2.68. The van der Waals surface area contributed by atoms with Crippen molar-refractivity contribution in [3.05, 3.63) is 65.2 Å². The molecule has 1 N–H and O–H groups in total. The van der Waals surface area contributed by atoms with Crippen LogP contribution in [0.15, 0.2) is 53.6 Å². The topological polar surface area (TPSA) is 24.4 Å². The van der Waals surface area contributed by atoms with E-state index >= 15 is 0 Å². The number of hydrogen-bond donors (Lipinski definition) is 1. The SMILES string of the molecule is Cc1ccc(C(F)(F)F)c(C=NNc2ccccc2)c1. The highest BCUT2D eigenvalue weighted by molar-refractivity contribution is 5.83. The van der Waals surface area contributed by atoms with Crippen molar-refractivity contribution in [1.29, 1.82) is 0 Å². The molecule has 5 heteroatoms. The molecule has 0 unspecified atom stereocenters. The van der Waals surface area contributed by atoms with E-state index in [1.54, 1.807) is 19.1 Å². The maximum Gasteiger partial charge on any atom is 0.417 e. The molecule has 0 aliphatic rings. The first-order valence-corrected chi connectivity index (χ1v) is 5.99. The van der Waals surface area contributed by atoms with Gasteiger partial charge in [-0.15, -0.1) is 0 Å². The molecule has 0 atom stereocenters. The number of hydrazone groups is 1. The van der Waals surface area contributed by atoms with Crippen LogP contribution in [0.4, 0.5) is 18.9 Å². The van der Waals surface area contributed by atoms with Crippen molar-refractivity contribution in [2.24, 2.45) is 5.10 Å². The van der Waals surface area contributed by atoms with E-state index < -0.39 is 11.7 Å². The lowest BCUT2D eigenvalue weighted by Gasteiger charge is -2.10. The van der Waals surface area contributed by atoms with Gasteiger partial charge in [0.05, 0.1) is 17.5 Å². The molecular formula is C15H13F3N2. The number of para-hydroxylation sites is 1. The minimum absolute atomic E-state index is 0.0425. The first kappa shape index (κ1) is 14.1. The molecule has 2 aromatic rings. The summed E-state index contributed by atoms with van der Waals surface area (Å²) in [4.78, 5) is 0. The van der Waals surface area contributed by atoms with Gasteiger partial charge in [-0.3, -0.25) is 5.43 Å². The molecule has 2 nitrogen and oxygen atoms in total. The van der Waals surface area contributed by atoms with Gasteiger partial charge in [0.15, 0.2) is 0 Å². The first-order valence-electron chi connectivity index (χ1n) is 5.99. The number of nitrogens with zero attached hydrogens (tertiary/aromatic N) is 1. The Morgan fingerprint density at radius 1 is 1.05 bits per heavy atom. The minimum Gasteiger partial charge on any atom is -0.279 e. The Morgan fingerprint density at radius 3 is 2.40 bits per heavy atom. The molecule has 104 valence electrons. The lowest BCUT2D eigenvalue weighted by molar-refractivity contribution is -0.137. The Hall–Kier alpha value is -2.30. The summed E-state index contributed by atoms with van der Waals surface area (Å²) in [6.07, 6.45) is -3.20. The van der Waals surface area contributed by atoms with Crippen LogP contribution in [0.25, 0.3) is 0 Å². The summed E-state index contributed by atoms with van der Waals surface area (Å²) in [5.74, 6) is 0. The second kappa shape index (κ2) is 5.77. The van der Waals surface area contributed by atoms with E-state index in [9.17, 15) is 13.2 Å². The average Bonchev–Trinajstić information content (AvgIpc) is 2.38. The molecule has 0 heterocycles. The van der Waals surface area contributed by atoms with E-state index in [4.69, 9.17) is 0 Å². The van der Waals surface area contributed by atoms with Gasteiger partial charge in [-0.2, -0.15) is 18.3 Å². The van der Waals surface area contributed by atoms with Crippen LogP contribution in [-0.4, -0.2) is 6.21 Å². The van der Waals surface area contributed by atoms with Crippen LogP contribution >= 0.6 is 0 Å². The fraction of sp³-hybridized carbons (Fsp3) is 0.133. The van der Waals surface area contributed by atoms with Crippen molar-refractivity contribution in [2.75, 3.05) is 5.43 Å². The van der Waals surface area contributed by atoms with Gasteiger partial charge in [0.25, 0.3) is 0 Å². The highest BCUT2D eigenvalue weighted by Gasteiger charge is 2.32. The predicted octanol–water partition coefficient (Wildman–Crippen LogP) is 4.46. The van der Waals surface area contributed by atoms with Gasteiger partial charge < -0.3 is 0 Å². The maximum atomic E-state index is 12.8. The summed E-state index contributed by atoms with van der Waals surface area (Å²) in [6.45, 7) is 1.74. The van der Waals surface area contributed by atoms with Crippen molar-refractivity contribution >= 4 is 11.9 Å². The van der Waals surface area contributed by atoms with E-state index in [-0.39, 0.29) is 5.56 Å². The summed E-state index contributed by atoms with van der Waals surface area (Å²) in [7, 11) is 0. The van der Waals surface area contributed by atoms with E-state index in [0.29, 0.717) is 5.69 Å². The number of aryl methyl sites for hydroxylation is 1. The highest BCUT2D eigenvalue weighted by atomic mass is 19.4. The van der Waals surface area contributed by atoms with Crippen LogP contribution in [0.1, 0.15) is 16.7 Å². The fourth-order valence-corrected chi connectivity index (χ4v) is 1.74. The number of hydrogen-bond acceptors (Lipinski definition) is 2. The van der Waals surface area contributed by atoms with Crippen LogP contribution in [0.3, 0.4) is 0 Å². The number of rotatable bonds is 3. The zero-order valence-electron chi connectivity index (χ0n) is 10.8. The van der Waals surface area contributed by atoms with Crippen molar-refractivity contribution in [3.8, 4) is 0 Å². The lowest BCUT2D eigenvalue weighted by atomic mass is 10.1. The molecule has 0 aliphatic carbocycles. The highest BCUT2D eigenvalue weighted by Crippen LogP contribution is 2.31. The zero-order chi connectivity index (χ0) is 14.6. The molecule has 0 spiro atoms. The molecule has 0 amide bonds. The van der Waals surface area contributed by atoms with Crippen LogP contribution in [0.5, 0.6) is 0 Å². The molecule has 2 rings (SSSR count).